The average molecular weight is 540 g/mol. The first-order valence-corrected chi connectivity index (χ1v) is 15.0. The molecule has 5 nitrogen and oxygen atoms in total. The summed E-state index contributed by atoms with van der Waals surface area (Å²) in [7, 11) is 0. The van der Waals surface area contributed by atoms with E-state index in [0.29, 0.717) is 12.3 Å². The van der Waals surface area contributed by atoms with Crippen LogP contribution in [0.1, 0.15) is 47.9 Å². The van der Waals surface area contributed by atoms with Gasteiger partial charge in [0.05, 0.1) is 6.54 Å². The van der Waals surface area contributed by atoms with Crippen molar-refractivity contribution in [1.29, 1.82) is 0 Å². The van der Waals surface area contributed by atoms with E-state index >= 15 is 0 Å². The van der Waals surface area contributed by atoms with E-state index in [1.54, 1.807) is 17.4 Å². The molecule has 0 bridgehead atoms. The molecule has 0 saturated carbocycles. The third-order valence-electron chi connectivity index (χ3n) is 8.15. The maximum Gasteiger partial charge on any atom is 0.238 e. The minimum atomic E-state index is 0.0474. The van der Waals surface area contributed by atoms with E-state index in [1.165, 1.54) is 71.3 Å². The molecule has 39 heavy (non-hydrogen) atoms. The van der Waals surface area contributed by atoms with Gasteiger partial charge in [-0.25, -0.2) is 0 Å². The number of anilines is 1. The molecule has 0 atom stereocenters. The van der Waals surface area contributed by atoms with Crippen molar-refractivity contribution in [3.05, 3.63) is 82.9 Å². The minimum Gasteiger partial charge on any atom is -0.508 e. The number of aryl methyl sites for hydroxylation is 1. The molecular formula is C33H37N3O2S. The van der Waals surface area contributed by atoms with Crippen LogP contribution < -0.4 is 5.32 Å². The lowest BCUT2D eigenvalue weighted by Crippen LogP contribution is -2.30. The number of hydrogen-bond acceptors (Lipinski definition) is 5. The second kappa shape index (κ2) is 11.5. The molecule has 0 radical (unpaired) electrons. The lowest BCUT2D eigenvalue weighted by Gasteiger charge is -2.17. The maximum atomic E-state index is 12.5. The molecule has 0 unspecified atom stereocenters. The summed E-state index contributed by atoms with van der Waals surface area (Å²) in [6.07, 6.45) is 5.82. The normalized spacial score (nSPS) is 16.3. The molecule has 3 aromatic carbocycles. The van der Waals surface area contributed by atoms with E-state index in [2.05, 4.69) is 52.4 Å². The van der Waals surface area contributed by atoms with E-state index in [0.717, 1.165) is 42.0 Å². The third kappa shape index (κ3) is 6.03. The monoisotopic (exact) mass is 539 g/mol. The summed E-state index contributed by atoms with van der Waals surface area (Å²) < 4.78 is 1.09. The molecular weight excluding hydrogens is 502 g/mol. The fraction of sp³-hybridized carbons (Fsp3) is 0.364. The second-order valence-electron chi connectivity index (χ2n) is 11.1. The van der Waals surface area contributed by atoms with E-state index in [9.17, 15) is 9.90 Å². The van der Waals surface area contributed by atoms with Crippen LogP contribution in [0.2, 0.25) is 0 Å². The average Bonchev–Trinajstić information content (AvgIpc) is 3.69. The molecule has 202 valence electrons. The number of aromatic hydroxyl groups is 1. The van der Waals surface area contributed by atoms with Crippen LogP contribution in [-0.4, -0.2) is 53.5 Å². The standard InChI is InChI=1S/C33H37N3O2S/c1-23-18-24(6-7-26(23)21-35-14-2-3-15-35)19-30-29-13-12-28(37)20-31(29)39-33(30)25-8-10-27(11-9-25)34-32(38)22-36-16-4-5-17-36/h6-13,18,20,37H,2-5,14-17,19,21-22H2,1H3,(H,34,38). The number of phenols is 1. The lowest BCUT2D eigenvalue weighted by atomic mass is 9.96. The molecule has 1 aromatic heterocycles. The van der Waals surface area contributed by atoms with Crippen LogP contribution >= 0.6 is 11.3 Å². The fourth-order valence-electron chi connectivity index (χ4n) is 6.03. The first kappa shape index (κ1) is 26.1. The molecule has 0 aliphatic carbocycles. The van der Waals surface area contributed by atoms with Gasteiger partial charge in [-0.05, 0) is 129 Å². The summed E-state index contributed by atoms with van der Waals surface area (Å²) in [6, 6.07) is 20.8. The van der Waals surface area contributed by atoms with Crippen LogP contribution in [-0.2, 0) is 17.8 Å². The molecule has 2 saturated heterocycles. The molecule has 2 aliphatic heterocycles. The Labute approximate surface area is 235 Å². The number of amides is 1. The van der Waals surface area contributed by atoms with Crippen molar-refractivity contribution in [3.63, 3.8) is 0 Å². The van der Waals surface area contributed by atoms with Crippen molar-refractivity contribution >= 4 is 33.0 Å². The highest BCUT2D eigenvalue weighted by molar-refractivity contribution is 7.22. The Morgan fingerprint density at radius 2 is 1.62 bits per heavy atom. The van der Waals surface area contributed by atoms with Crippen LogP contribution in [0, 0.1) is 6.92 Å². The van der Waals surface area contributed by atoms with Gasteiger partial charge < -0.3 is 10.4 Å². The number of likely N-dealkylation sites (tertiary alicyclic amines) is 2. The zero-order chi connectivity index (χ0) is 26.8. The molecule has 2 fully saturated rings. The number of phenolic OH excluding ortho intramolecular Hbond substituents is 1. The van der Waals surface area contributed by atoms with Gasteiger partial charge in [0.1, 0.15) is 5.75 Å². The van der Waals surface area contributed by atoms with Gasteiger partial charge >= 0.3 is 0 Å². The first-order valence-electron chi connectivity index (χ1n) is 14.2. The smallest absolute Gasteiger partial charge is 0.238 e. The Balaban J connectivity index is 1.24. The third-order valence-corrected chi connectivity index (χ3v) is 9.40. The predicted octanol–water partition coefficient (Wildman–Crippen LogP) is 6.80. The molecule has 4 aromatic rings. The van der Waals surface area contributed by atoms with Crippen molar-refractivity contribution < 1.29 is 9.90 Å². The molecule has 1 amide bonds. The Bertz CT molecular complexity index is 1460. The molecule has 6 heteroatoms. The summed E-state index contributed by atoms with van der Waals surface area (Å²) >= 11 is 1.72. The SMILES string of the molecule is Cc1cc(Cc2c(-c3ccc(NC(=O)CN4CCCC4)cc3)sc3cc(O)ccc23)ccc1CN1CCCC1. The number of benzene rings is 3. The van der Waals surface area contributed by atoms with Gasteiger partial charge in [0.25, 0.3) is 0 Å². The number of nitrogens with zero attached hydrogens (tertiary/aromatic N) is 2. The van der Waals surface area contributed by atoms with Crippen LogP contribution in [0.15, 0.2) is 60.7 Å². The summed E-state index contributed by atoms with van der Waals surface area (Å²) in [5, 5.41) is 14.4. The van der Waals surface area contributed by atoms with Gasteiger partial charge in [-0.1, -0.05) is 30.3 Å². The fourth-order valence-corrected chi connectivity index (χ4v) is 7.29. The van der Waals surface area contributed by atoms with Crippen molar-refractivity contribution in [1.82, 2.24) is 9.80 Å². The highest BCUT2D eigenvalue weighted by Gasteiger charge is 2.18. The van der Waals surface area contributed by atoms with Crippen molar-refractivity contribution in [2.75, 3.05) is 38.0 Å². The Morgan fingerprint density at radius 3 is 2.33 bits per heavy atom. The maximum absolute atomic E-state index is 12.5. The quantitative estimate of drug-likeness (QED) is 0.258. The van der Waals surface area contributed by atoms with Crippen LogP contribution in [0.25, 0.3) is 20.5 Å². The van der Waals surface area contributed by atoms with Crippen LogP contribution in [0.3, 0.4) is 0 Å². The van der Waals surface area contributed by atoms with Gasteiger partial charge in [-0.15, -0.1) is 11.3 Å². The highest BCUT2D eigenvalue weighted by Crippen LogP contribution is 2.41. The molecule has 2 N–H and O–H groups in total. The number of hydrogen-bond donors (Lipinski definition) is 2. The number of carbonyl (C=O) groups excluding carboxylic acids is 1. The second-order valence-corrected chi connectivity index (χ2v) is 12.2. The van der Waals surface area contributed by atoms with Crippen molar-refractivity contribution in [2.45, 2.75) is 45.6 Å². The van der Waals surface area contributed by atoms with Gasteiger partial charge in [0.2, 0.25) is 5.91 Å². The summed E-state index contributed by atoms with van der Waals surface area (Å²) in [4.78, 5) is 18.5. The molecule has 2 aliphatic rings. The number of nitrogens with one attached hydrogen (secondary N) is 1. The Kier molecular flexibility index (Phi) is 7.69. The summed E-state index contributed by atoms with van der Waals surface area (Å²) in [5.41, 5.74) is 7.32. The van der Waals surface area contributed by atoms with Gasteiger partial charge in [-0.2, -0.15) is 0 Å². The van der Waals surface area contributed by atoms with Crippen molar-refractivity contribution in [2.24, 2.45) is 0 Å². The zero-order valence-electron chi connectivity index (χ0n) is 22.7. The number of fused-ring (bicyclic) bond motifs is 1. The summed E-state index contributed by atoms with van der Waals surface area (Å²) in [5.74, 6) is 0.339. The van der Waals surface area contributed by atoms with E-state index in [4.69, 9.17) is 0 Å². The van der Waals surface area contributed by atoms with E-state index in [-0.39, 0.29) is 5.91 Å². The van der Waals surface area contributed by atoms with Gasteiger partial charge in [-0.3, -0.25) is 14.6 Å². The number of carbonyl (C=O) groups is 1. The Hall–Kier alpha value is -3.19. The van der Waals surface area contributed by atoms with E-state index < -0.39 is 0 Å². The van der Waals surface area contributed by atoms with Gasteiger partial charge in [0.15, 0.2) is 0 Å². The highest BCUT2D eigenvalue weighted by atomic mass is 32.1. The van der Waals surface area contributed by atoms with Gasteiger partial charge in [0, 0.05) is 21.8 Å². The number of thiophene rings is 1. The van der Waals surface area contributed by atoms with Crippen LogP contribution in [0.5, 0.6) is 5.75 Å². The zero-order valence-corrected chi connectivity index (χ0v) is 23.5. The largest absolute Gasteiger partial charge is 0.508 e. The minimum absolute atomic E-state index is 0.0474. The molecule has 3 heterocycles. The molecule has 0 spiro atoms. The molecule has 6 rings (SSSR count). The van der Waals surface area contributed by atoms with Crippen LogP contribution in [0.4, 0.5) is 5.69 Å². The first-order chi connectivity index (χ1) is 19.0. The Morgan fingerprint density at radius 1 is 0.897 bits per heavy atom. The summed E-state index contributed by atoms with van der Waals surface area (Å²) in [6.45, 7) is 8.17. The predicted molar refractivity (Wildman–Crippen MR) is 162 cm³/mol. The topological polar surface area (TPSA) is 55.8 Å². The number of rotatable bonds is 8. The van der Waals surface area contributed by atoms with E-state index in [1.807, 2.05) is 24.3 Å². The van der Waals surface area contributed by atoms with Crippen molar-refractivity contribution in [3.8, 4) is 16.2 Å². The lowest BCUT2D eigenvalue weighted by molar-refractivity contribution is -0.117.